The highest BCUT2D eigenvalue weighted by molar-refractivity contribution is 6.17. The molecule has 0 unspecified atom stereocenters. The van der Waals surface area contributed by atoms with Crippen molar-refractivity contribution in [3.8, 4) is 11.5 Å². The molecular weight excluding hydrogens is 1090 g/mol. The van der Waals surface area contributed by atoms with Gasteiger partial charge >= 0.3 is 0 Å². The molecule has 0 bridgehead atoms. The fourth-order valence-corrected chi connectivity index (χ4v) is 9.81. The summed E-state index contributed by atoms with van der Waals surface area (Å²) in [4.78, 5) is 62.4. The molecule has 436 valence electrons. The van der Waals surface area contributed by atoms with Gasteiger partial charge in [0.15, 0.2) is 11.6 Å². The van der Waals surface area contributed by atoms with E-state index in [-0.39, 0.29) is 79.9 Å². The van der Waals surface area contributed by atoms with Gasteiger partial charge in [0.25, 0.3) is 11.8 Å². The number of ether oxygens (including phenoxy) is 4. The van der Waals surface area contributed by atoms with Crippen LogP contribution in [0.1, 0.15) is 65.2 Å². The fourth-order valence-electron chi connectivity index (χ4n) is 9.81. The molecule has 2 N–H and O–H groups in total. The van der Waals surface area contributed by atoms with Gasteiger partial charge in [-0.05, 0) is 123 Å². The summed E-state index contributed by atoms with van der Waals surface area (Å²) in [7, 11) is 0. The standard InChI is InChI=1S/2C34H36N2O4.2ClH.H2O/c2*1-25-3-7-27(8-4-25)21-30-23-36(24-31(33(30)37)22-28-9-5-26(2)6-10-28)34(38)29-11-13-32(14-12-29)40-20-17-35-15-18-39-19-16-35;;;/h2*3-14,21-22H,15-20,23-24H2,1-2H3;2*1H;1H2. The highest BCUT2D eigenvalue weighted by Crippen LogP contribution is 2.27. The minimum absolute atomic E-state index is 0. The number of nitrogens with zero attached hydrogens (tertiary/aromatic N) is 4. The van der Waals surface area contributed by atoms with Crippen molar-refractivity contribution in [1.29, 1.82) is 0 Å². The molecule has 4 fully saturated rings. The molecule has 83 heavy (non-hydrogen) atoms. The molecule has 2 amide bonds. The normalized spacial score (nSPS) is 17.7. The minimum atomic E-state index is -0.114. The number of aryl methyl sites for hydroxylation is 4. The summed E-state index contributed by atoms with van der Waals surface area (Å²) in [6.45, 7) is 18.8. The number of likely N-dealkylation sites (tertiary alicyclic amines) is 2. The van der Waals surface area contributed by atoms with Gasteiger partial charge in [-0.25, -0.2) is 0 Å². The first kappa shape index (κ1) is 64.7. The Morgan fingerprint density at radius 2 is 0.663 bits per heavy atom. The first-order valence-corrected chi connectivity index (χ1v) is 27.7. The van der Waals surface area contributed by atoms with Gasteiger partial charge in [-0.1, -0.05) is 119 Å². The van der Waals surface area contributed by atoms with Crippen LogP contribution in [0.15, 0.2) is 168 Å². The first-order valence-electron chi connectivity index (χ1n) is 27.7. The number of benzene rings is 6. The topological polar surface area (TPSA) is 150 Å². The Kier molecular flexibility index (Phi) is 24.8. The van der Waals surface area contributed by atoms with E-state index in [0.29, 0.717) is 46.6 Å². The van der Waals surface area contributed by atoms with Crippen molar-refractivity contribution in [2.45, 2.75) is 27.7 Å². The average molecular weight is 1160 g/mol. The molecule has 0 radical (unpaired) electrons. The number of piperidine rings is 2. The maximum absolute atomic E-state index is 13.6. The van der Waals surface area contributed by atoms with Crippen molar-refractivity contribution >= 4 is 72.5 Å². The molecule has 15 heteroatoms. The summed E-state index contributed by atoms with van der Waals surface area (Å²) in [6.07, 6.45) is 7.59. The Balaban J connectivity index is 0.000000257. The second kappa shape index (κ2) is 31.8. The number of morpholine rings is 2. The average Bonchev–Trinajstić information content (AvgIpc) is 3.48. The van der Waals surface area contributed by atoms with E-state index >= 15 is 0 Å². The van der Waals surface area contributed by atoms with E-state index in [4.69, 9.17) is 18.9 Å². The number of amides is 2. The number of rotatable bonds is 14. The summed E-state index contributed by atoms with van der Waals surface area (Å²) < 4.78 is 22.6. The number of hydrogen-bond acceptors (Lipinski definition) is 10. The third-order valence-corrected chi connectivity index (χ3v) is 14.6. The number of Topliss-reactive ketones (excluding diaryl/α,β-unsaturated/α-hetero) is 2. The molecule has 0 atom stereocenters. The zero-order valence-corrected chi connectivity index (χ0v) is 49.5. The van der Waals surface area contributed by atoms with Crippen molar-refractivity contribution in [2.24, 2.45) is 0 Å². The van der Waals surface area contributed by atoms with Gasteiger partial charge < -0.3 is 34.2 Å². The van der Waals surface area contributed by atoms with E-state index in [1.54, 1.807) is 34.1 Å². The van der Waals surface area contributed by atoms with Gasteiger partial charge in [-0.3, -0.25) is 29.0 Å². The van der Waals surface area contributed by atoms with Crippen LogP contribution in [0.5, 0.6) is 11.5 Å². The SMILES string of the molecule is Cc1ccc(C=C2CN(C(=O)c3ccc(OCCN4CCOCC4)cc3)CC(=Cc3ccc(C)cc3)C2=O)cc1.Cc1ccc(C=C2CN(C(=O)c3ccc(OCCN4CCOCC4)cc3)CC(=Cc3ccc(C)cc3)C2=O)cc1.Cl.Cl.O. The van der Waals surface area contributed by atoms with E-state index in [1.165, 1.54) is 0 Å². The lowest BCUT2D eigenvalue weighted by Gasteiger charge is -2.30. The maximum atomic E-state index is 13.6. The van der Waals surface area contributed by atoms with Crippen molar-refractivity contribution in [3.63, 3.8) is 0 Å². The van der Waals surface area contributed by atoms with E-state index in [1.807, 2.05) is 173 Å². The summed E-state index contributed by atoms with van der Waals surface area (Å²) in [5, 5.41) is 0. The molecule has 6 aromatic rings. The second-order valence-electron chi connectivity index (χ2n) is 21.0. The van der Waals surface area contributed by atoms with Gasteiger partial charge in [0.2, 0.25) is 0 Å². The molecule has 0 aliphatic carbocycles. The van der Waals surface area contributed by atoms with E-state index in [9.17, 15) is 19.2 Å². The van der Waals surface area contributed by atoms with Crippen LogP contribution in [0.25, 0.3) is 24.3 Å². The summed E-state index contributed by atoms with van der Waals surface area (Å²) >= 11 is 0. The zero-order chi connectivity index (χ0) is 55.8. The van der Waals surface area contributed by atoms with Gasteiger partial charge in [0.05, 0.1) is 52.6 Å². The van der Waals surface area contributed by atoms with Gasteiger partial charge in [-0.15, -0.1) is 24.8 Å². The molecule has 10 rings (SSSR count). The number of halogens is 2. The third kappa shape index (κ3) is 18.8. The summed E-state index contributed by atoms with van der Waals surface area (Å²) in [5.41, 5.74) is 11.9. The largest absolute Gasteiger partial charge is 0.492 e. The van der Waals surface area contributed by atoms with Crippen LogP contribution < -0.4 is 9.47 Å². The lowest BCUT2D eigenvalue weighted by molar-refractivity contribution is -0.114. The Morgan fingerprint density at radius 1 is 0.410 bits per heavy atom. The van der Waals surface area contributed by atoms with Crippen LogP contribution in [-0.2, 0) is 19.1 Å². The van der Waals surface area contributed by atoms with Crippen molar-refractivity contribution in [2.75, 3.05) is 105 Å². The van der Waals surface area contributed by atoms with Crippen LogP contribution in [0.2, 0.25) is 0 Å². The molecule has 4 saturated heterocycles. The quantitative estimate of drug-likeness (QED) is 0.0965. The monoisotopic (exact) mass is 1160 g/mol. The maximum Gasteiger partial charge on any atom is 0.254 e. The number of hydrogen-bond donors (Lipinski definition) is 0. The first-order chi connectivity index (χ1) is 38.9. The zero-order valence-electron chi connectivity index (χ0n) is 47.9. The predicted octanol–water partition coefficient (Wildman–Crippen LogP) is 10.4. The highest BCUT2D eigenvalue weighted by Gasteiger charge is 2.31. The van der Waals surface area contributed by atoms with Crippen LogP contribution >= 0.6 is 24.8 Å². The van der Waals surface area contributed by atoms with Crippen LogP contribution in [0.3, 0.4) is 0 Å². The van der Waals surface area contributed by atoms with Gasteiger partial charge in [0, 0.05) is 72.7 Å². The van der Waals surface area contributed by atoms with E-state index < -0.39 is 0 Å². The number of carbonyl (C=O) groups is 4. The van der Waals surface area contributed by atoms with Gasteiger partial charge in [0.1, 0.15) is 24.7 Å². The van der Waals surface area contributed by atoms with Crippen LogP contribution in [0.4, 0.5) is 0 Å². The molecule has 4 aliphatic heterocycles. The lowest BCUT2D eigenvalue weighted by atomic mass is 9.93. The highest BCUT2D eigenvalue weighted by atomic mass is 35.5. The van der Waals surface area contributed by atoms with E-state index in [0.717, 1.165) is 122 Å². The second-order valence-corrected chi connectivity index (χ2v) is 21.0. The Bertz CT molecular complexity index is 2870. The third-order valence-electron chi connectivity index (χ3n) is 14.6. The predicted molar refractivity (Wildman–Crippen MR) is 335 cm³/mol. The molecular formula is C68H76Cl2N4O9. The van der Waals surface area contributed by atoms with Crippen molar-refractivity contribution < 1.29 is 43.6 Å². The summed E-state index contributed by atoms with van der Waals surface area (Å²) in [6, 6.07) is 46.7. The smallest absolute Gasteiger partial charge is 0.254 e. The Labute approximate surface area is 501 Å². The molecule has 0 saturated carbocycles. The number of carbonyl (C=O) groups excluding carboxylic acids is 4. The fraction of sp³-hybridized carbons (Fsp3) is 0.294. The van der Waals surface area contributed by atoms with Gasteiger partial charge in [-0.2, -0.15) is 0 Å². The van der Waals surface area contributed by atoms with E-state index in [2.05, 4.69) is 9.80 Å². The molecule has 0 spiro atoms. The van der Waals surface area contributed by atoms with Crippen molar-refractivity contribution in [3.05, 3.63) is 224 Å². The number of ketones is 2. The lowest BCUT2D eigenvalue weighted by Crippen LogP contribution is -2.41. The van der Waals surface area contributed by atoms with Crippen LogP contribution in [0, 0.1) is 27.7 Å². The molecule has 6 aromatic carbocycles. The molecule has 13 nitrogen and oxygen atoms in total. The molecule has 4 aliphatic rings. The Hall–Kier alpha value is -7.46. The molecule has 4 heterocycles. The summed E-state index contributed by atoms with van der Waals surface area (Å²) in [5.74, 6) is 1.20. The Morgan fingerprint density at radius 3 is 0.916 bits per heavy atom. The molecule has 0 aromatic heterocycles. The minimum Gasteiger partial charge on any atom is -0.492 e. The van der Waals surface area contributed by atoms with Crippen molar-refractivity contribution in [1.82, 2.24) is 19.6 Å². The van der Waals surface area contributed by atoms with Crippen LogP contribution in [-0.4, -0.2) is 154 Å².